The van der Waals surface area contributed by atoms with Crippen molar-refractivity contribution in [2.75, 3.05) is 5.88 Å². The van der Waals surface area contributed by atoms with Gasteiger partial charge in [-0.25, -0.2) is 4.79 Å². The summed E-state index contributed by atoms with van der Waals surface area (Å²) in [5, 5.41) is 10.1. The molecule has 1 unspecified atom stereocenters. The number of hydrogen-bond donors (Lipinski definition) is 1. The topological polar surface area (TPSA) is 49.8 Å². The van der Waals surface area contributed by atoms with Crippen molar-refractivity contribution < 1.29 is 14.6 Å². The molecular formula is C16H22ClNO3. The molecule has 2 rings (SSSR count). The molecule has 4 nitrogen and oxygen atoms in total. The number of nitrogens with zero attached hydrogens (tertiary/aromatic N) is 1. The zero-order valence-corrected chi connectivity index (χ0v) is 13.4. The third-order valence-electron chi connectivity index (χ3n) is 3.52. The third-order valence-corrected chi connectivity index (χ3v) is 3.83. The van der Waals surface area contributed by atoms with Crippen molar-refractivity contribution in [1.29, 1.82) is 0 Å². The molecule has 21 heavy (non-hydrogen) atoms. The highest BCUT2D eigenvalue weighted by atomic mass is 35.5. The van der Waals surface area contributed by atoms with E-state index in [9.17, 15) is 9.90 Å². The molecule has 1 aliphatic heterocycles. The lowest BCUT2D eigenvalue weighted by Gasteiger charge is -2.39. The van der Waals surface area contributed by atoms with Crippen LogP contribution in [0.3, 0.4) is 0 Å². The average molecular weight is 312 g/mol. The van der Waals surface area contributed by atoms with Crippen LogP contribution >= 0.6 is 11.6 Å². The van der Waals surface area contributed by atoms with Crippen molar-refractivity contribution in [2.24, 2.45) is 0 Å². The molecule has 5 heteroatoms. The van der Waals surface area contributed by atoms with E-state index in [1.807, 2.05) is 45.0 Å². The van der Waals surface area contributed by atoms with Crippen LogP contribution in [0.15, 0.2) is 24.3 Å². The van der Waals surface area contributed by atoms with Gasteiger partial charge in [-0.1, -0.05) is 24.3 Å². The molecule has 0 aliphatic carbocycles. The van der Waals surface area contributed by atoms with Gasteiger partial charge in [-0.15, -0.1) is 11.6 Å². The van der Waals surface area contributed by atoms with E-state index in [1.54, 1.807) is 4.90 Å². The molecule has 0 fully saturated rings. The van der Waals surface area contributed by atoms with Gasteiger partial charge in [0.2, 0.25) is 0 Å². The molecule has 0 spiro atoms. The fraction of sp³-hybridized carbons (Fsp3) is 0.562. The van der Waals surface area contributed by atoms with E-state index in [2.05, 4.69) is 0 Å². The van der Waals surface area contributed by atoms with E-state index in [0.717, 1.165) is 11.1 Å². The Kier molecular flexibility index (Phi) is 4.79. The van der Waals surface area contributed by atoms with Gasteiger partial charge in [0.25, 0.3) is 0 Å². The fourth-order valence-electron chi connectivity index (χ4n) is 2.51. The maximum absolute atomic E-state index is 12.4. The van der Waals surface area contributed by atoms with Gasteiger partial charge >= 0.3 is 6.09 Å². The lowest BCUT2D eigenvalue weighted by molar-refractivity contribution is -0.00782. The molecular weight excluding hydrogens is 290 g/mol. The Labute approximate surface area is 130 Å². The standard InChI is InChI=1S/C16H22ClNO3/c1-16(2,3)21-15(20)18-10-12-7-5-4-6-11(12)8-13(18)14(19)9-17/h4-7,13-14,19H,8-10H2,1-3H3/t13-,14?/m0/s1. The lowest BCUT2D eigenvalue weighted by atomic mass is 9.92. The largest absolute Gasteiger partial charge is 0.444 e. The second kappa shape index (κ2) is 6.24. The lowest BCUT2D eigenvalue weighted by Crippen LogP contribution is -2.52. The van der Waals surface area contributed by atoms with E-state index in [0.29, 0.717) is 13.0 Å². The van der Waals surface area contributed by atoms with Crippen LogP contribution in [0.25, 0.3) is 0 Å². The first-order chi connectivity index (χ1) is 9.81. The predicted octanol–water partition coefficient (Wildman–Crippen LogP) is 2.95. The van der Waals surface area contributed by atoms with Crippen LogP contribution < -0.4 is 0 Å². The average Bonchev–Trinajstić information content (AvgIpc) is 2.43. The van der Waals surface area contributed by atoms with E-state index in [-0.39, 0.29) is 11.9 Å². The van der Waals surface area contributed by atoms with Crippen LogP contribution in [0.4, 0.5) is 4.79 Å². The summed E-state index contributed by atoms with van der Waals surface area (Å²) in [5.74, 6) is 0.0894. The molecule has 1 N–H and O–H groups in total. The first-order valence-electron chi connectivity index (χ1n) is 7.12. The van der Waals surface area contributed by atoms with E-state index in [1.165, 1.54) is 0 Å². The first-order valence-corrected chi connectivity index (χ1v) is 7.65. The van der Waals surface area contributed by atoms with Crippen LogP contribution in [-0.2, 0) is 17.7 Å². The molecule has 116 valence electrons. The number of ether oxygens (including phenoxy) is 1. The summed E-state index contributed by atoms with van der Waals surface area (Å²) in [6.07, 6.45) is -0.595. The van der Waals surface area contributed by atoms with Crippen LogP contribution in [0.5, 0.6) is 0 Å². The molecule has 0 bridgehead atoms. The fourth-order valence-corrected chi connectivity index (χ4v) is 2.72. The second-order valence-electron chi connectivity index (χ2n) is 6.37. The number of hydrogen-bond acceptors (Lipinski definition) is 3. The van der Waals surface area contributed by atoms with E-state index in [4.69, 9.17) is 16.3 Å². The molecule has 1 aromatic rings. The minimum absolute atomic E-state index is 0.0894. The normalized spacial score (nSPS) is 19.9. The van der Waals surface area contributed by atoms with Gasteiger partial charge in [0.15, 0.2) is 0 Å². The minimum atomic E-state index is -0.771. The number of alkyl halides is 1. The van der Waals surface area contributed by atoms with Crippen molar-refractivity contribution in [3.63, 3.8) is 0 Å². The Morgan fingerprint density at radius 3 is 2.62 bits per heavy atom. The summed E-state index contributed by atoms with van der Waals surface area (Å²) in [6, 6.07) is 7.58. The SMILES string of the molecule is CC(C)(C)OC(=O)N1Cc2ccccc2C[C@H]1C(O)CCl. The number of halogens is 1. The number of carbonyl (C=O) groups is 1. The summed E-state index contributed by atoms with van der Waals surface area (Å²) >= 11 is 5.79. The quantitative estimate of drug-likeness (QED) is 0.854. The van der Waals surface area contributed by atoms with Crippen LogP contribution in [0.1, 0.15) is 31.9 Å². The highest BCUT2D eigenvalue weighted by Crippen LogP contribution is 2.27. The molecule has 2 atom stereocenters. The molecule has 0 radical (unpaired) electrons. The van der Waals surface area contributed by atoms with Gasteiger partial charge in [-0.2, -0.15) is 0 Å². The van der Waals surface area contributed by atoms with Gasteiger partial charge < -0.3 is 9.84 Å². The maximum atomic E-state index is 12.4. The summed E-state index contributed by atoms with van der Waals surface area (Å²) in [4.78, 5) is 14.0. The molecule has 0 aromatic heterocycles. The van der Waals surface area contributed by atoms with E-state index < -0.39 is 17.8 Å². The summed E-state index contributed by atoms with van der Waals surface area (Å²) in [7, 11) is 0. The number of aliphatic hydroxyl groups is 1. The molecule has 0 saturated carbocycles. The van der Waals surface area contributed by atoms with Crippen molar-refractivity contribution >= 4 is 17.7 Å². The van der Waals surface area contributed by atoms with Gasteiger partial charge in [0.05, 0.1) is 18.0 Å². The van der Waals surface area contributed by atoms with Crippen LogP contribution in [0.2, 0.25) is 0 Å². The highest BCUT2D eigenvalue weighted by Gasteiger charge is 2.36. The number of amides is 1. The minimum Gasteiger partial charge on any atom is -0.444 e. The van der Waals surface area contributed by atoms with E-state index >= 15 is 0 Å². The second-order valence-corrected chi connectivity index (χ2v) is 6.68. The zero-order chi connectivity index (χ0) is 15.6. The molecule has 1 aromatic carbocycles. The predicted molar refractivity (Wildman–Crippen MR) is 82.4 cm³/mol. The monoisotopic (exact) mass is 311 g/mol. The first kappa shape index (κ1) is 16.1. The Bertz CT molecular complexity index is 512. The Hall–Kier alpha value is -1.26. The number of benzene rings is 1. The van der Waals surface area contributed by atoms with Gasteiger partial charge in [0.1, 0.15) is 5.60 Å². The number of aliphatic hydroxyl groups excluding tert-OH is 1. The number of rotatable bonds is 2. The summed E-state index contributed by atoms with van der Waals surface area (Å²) in [5.41, 5.74) is 1.66. The Morgan fingerprint density at radius 1 is 1.43 bits per heavy atom. The van der Waals surface area contributed by atoms with Crippen LogP contribution in [0, 0.1) is 0 Å². The Morgan fingerprint density at radius 2 is 2.05 bits per heavy atom. The number of fused-ring (bicyclic) bond motifs is 1. The maximum Gasteiger partial charge on any atom is 0.410 e. The molecule has 1 heterocycles. The van der Waals surface area contributed by atoms with Crippen molar-refractivity contribution in [1.82, 2.24) is 4.90 Å². The van der Waals surface area contributed by atoms with Crippen molar-refractivity contribution in [2.45, 2.75) is 51.5 Å². The summed E-state index contributed by atoms with van der Waals surface area (Å²) < 4.78 is 5.45. The Balaban J connectivity index is 2.26. The highest BCUT2D eigenvalue weighted by molar-refractivity contribution is 6.18. The molecule has 0 saturated heterocycles. The zero-order valence-electron chi connectivity index (χ0n) is 12.7. The smallest absolute Gasteiger partial charge is 0.410 e. The molecule has 1 aliphatic rings. The van der Waals surface area contributed by atoms with Gasteiger partial charge in [0, 0.05) is 6.54 Å². The van der Waals surface area contributed by atoms with Crippen LogP contribution in [-0.4, -0.2) is 39.7 Å². The molecule has 1 amide bonds. The summed E-state index contributed by atoms with van der Waals surface area (Å²) in [6.45, 7) is 5.92. The van der Waals surface area contributed by atoms with Crippen molar-refractivity contribution in [3.05, 3.63) is 35.4 Å². The van der Waals surface area contributed by atoms with Crippen molar-refractivity contribution in [3.8, 4) is 0 Å². The number of carbonyl (C=O) groups excluding carboxylic acids is 1. The third kappa shape index (κ3) is 3.89. The van der Waals surface area contributed by atoms with Gasteiger partial charge in [-0.3, -0.25) is 4.90 Å². The van der Waals surface area contributed by atoms with Gasteiger partial charge in [-0.05, 0) is 38.3 Å².